The number of fused-ring (bicyclic) bond motifs is 1. The van der Waals surface area contributed by atoms with E-state index in [9.17, 15) is 0 Å². The van der Waals surface area contributed by atoms with Gasteiger partial charge in [-0.2, -0.15) is 0 Å². The normalized spacial score (nSPS) is 18.2. The predicted molar refractivity (Wildman–Crippen MR) is 107 cm³/mol. The molecule has 3 nitrogen and oxygen atoms in total. The summed E-state index contributed by atoms with van der Waals surface area (Å²) in [6.45, 7) is 1.63. The Morgan fingerprint density at radius 1 is 1.42 bits per heavy atom. The largest absolute Gasteiger partial charge is 0.379 e. The van der Waals surface area contributed by atoms with Gasteiger partial charge in [-0.3, -0.25) is 0 Å². The fraction of sp³-hybridized carbons (Fsp3) is 0.353. The average Bonchev–Trinajstić information content (AvgIpc) is 3.22. The van der Waals surface area contributed by atoms with Crippen molar-refractivity contribution in [2.24, 2.45) is 0 Å². The van der Waals surface area contributed by atoms with Crippen LogP contribution in [0.15, 0.2) is 28.1 Å². The third-order valence-corrected chi connectivity index (χ3v) is 7.52. The lowest BCUT2D eigenvalue weighted by Crippen LogP contribution is -2.10. The highest BCUT2D eigenvalue weighted by molar-refractivity contribution is 9.10. The van der Waals surface area contributed by atoms with Crippen LogP contribution in [0.1, 0.15) is 35.1 Å². The number of ether oxygens (including phenoxy) is 1. The van der Waals surface area contributed by atoms with Gasteiger partial charge in [-0.15, -0.1) is 22.7 Å². The third kappa shape index (κ3) is 3.35. The Kier molecular flexibility index (Phi) is 5.10. The van der Waals surface area contributed by atoms with Crippen LogP contribution >= 0.6 is 50.2 Å². The number of nitrogens with one attached hydrogen (secondary N) is 1. The molecule has 3 aromatic rings. The molecule has 0 radical (unpaired) electrons. The number of hydrogen-bond acceptors (Lipinski definition) is 5. The van der Waals surface area contributed by atoms with Gasteiger partial charge in [-0.25, -0.2) is 4.98 Å². The van der Waals surface area contributed by atoms with Gasteiger partial charge >= 0.3 is 0 Å². The summed E-state index contributed by atoms with van der Waals surface area (Å²) < 4.78 is 8.12. The molecule has 1 aliphatic heterocycles. The molecule has 0 amide bonds. The van der Waals surface area contributed by atoms with Crippen molar-refractivity contribution in [1.29, 1.82) is 0 Å². The van der Waals surface area contributed by atoms with E-state index in [-0.39, 0.29) is 6.10 Å². The number of halogens is 2. The Hall–Kier alpha value is -0.660. The summed E-state index contributed by atoms with van der Waals surface area (Å²) in [7, 11) is 0. The molecule has 0 spiro atoms. The maximum atomic E-state index is 6.26. The minimum Gasteiger partial charge on any atom is -0.379 e. The second kappa shape index (κ2) is 7.30. The fourth-order valence-electron chi connectivity index (χ4n) is 2.91. The SMILES string of the molecule is Clc1cc(NCc2cccs2)c2sc(C3CCCCO3)c(Br)c2n1. The van der Waals surface area contributed by atoms with E-state index in [1.165, 1.54) is 16.2 Å². The Morgan fingerprint density at radius 3 is 3.08 bits per heavy atom. The minimum absolute atomic E-state index is 0.163. The maximum absolute atomic E-state index is 6.26. The van der Waals surface area contributed by atoms with Crippen molar-refractivity contribution in [3.8, 4) is 0 Å². The van der Waals surface area contributed by atoms with E-state index in [0.717, 1.165) is 46.4 Å². The van der Waals surface area contributed by atoms with E-state index in [0.29, 0.717) is 5.15 Å². The van der Waals surface area contributed by atoms with Gasteiger partial charge in [-0.05, 0) is 46.6 Å². The first kappa shape index (κ1) is 16.8. The highest BCUT2D eigenvalue weighted by Crippen LogP contribution is 2.45. The van der Waals surface area contributed by atoms with Gasteiger partial charge in [0.25, 0.3) is 0 Å². The summed E-state index contributed by atoms with van der Waals surface area (Å²) in [5.41, 5.74) is 1.96. The Bertz CT molecular complexity index is 844. The minimum atomic E-state index is 0.163. The van der Waals surface area contributed by atoms with Crippen LogP contribution in [0.25, 0.3) is 10.2 Å². The molecule has 0 saturated carbocycles. The van der Waals surface area contributed by atoms with Crippen molar-refractivity contribution in [3.05, 3.63) is 43.0 Å². The van der Waals surface area contributed by atoms with Gasteiger partial charge < -0.3 is 10.1 Å². The lowest BCUT2D eigenvalue weighted by molar-refractivity contribution is 0.0168. The first-order valence-corrected chi connectivity index (χ1v) is 10.8. The number of anilines is 1. The van der Waals surface area contributed by atoms with Crippen LogP contribution in [0.4, 0.5) is 5.69 Å². The Morgan fingerprint density at radius 2 is 2.33 bits per heavy atom. The maximum Gasteiger partial charge on any atom is 0.131 e. The lowest BCUT2D eigenvalue weighted by Gasteiger charge is -2.21. The molecule has 1 unspecified atom stereocenters. The zero-order valence-corrected chi connectivity index (χ0v) is 16.8. The van der Waals surface area contributed by atoms with Crippen molar-refractivity contribution >= 4 is 66.1 Å². The molecule has 24 heavy (non-hydrogen) atoms. The summed E-state index contributed by atoms with van der Waals surface area (Å²) >= 11 is 13.5. The van der Waals surface area contributed by atoms with E-state index < -0.39 is 0 Å². The monoisotopic (exact) mass is 442 g/mol. The summed E-state index contributed by atoms with van der Waals surface area (Å²) in [5.74, 6) is 0. The highest BCUT2D eigenvalue weighted by Gasteiger charge is 2.24. The van der Waals surface area contributed by atoms with Crippen LogP contribution in [0.5, 0.6) is 0 Å². The second-order valence-electron chi connectivity index (χ2n) is 5.74. The lowest BCUT2D eigenvalue weighted by atomic mass is 10.1. The van der Waals surface area contributed by atoms with E-state index in [1.807, 2.05) is 6.07 Å². The van der Waals surface area contributed by atoms with Crippen LogP contribution in [0.2, 0.25) is 5.15 Å². The van der Waals surface area contributed by atoms with Crippen molar-refractivity contribution < 1.29 is 4.74 Å². The standard InChI is InChI=1S/C17H16BrClN2OS2/c18-14-15-16(24-17(14)12-5-1-2-6-22-12)11(8-13(19)21-15)20-9-10-4-3-7-23-10/h3-4,7-8,12H,1-2,5-6,9H2,(H,20,21). The van der Waals surface area contributed by atoms with Gasteiger partial charge in [0.2, 0.25) is 0 Å². The van der Waals surface area contributed by atoms with Crippen molar-refractivity contribution in [2.45, 2.75) is 31.9 Å². The number of rotatable bonds is 4. The molecule has 1 fully saturated rings. The topological polar surface area (TPSA) is 34.1 Å². The van der Waals surface area contributed by atoms with Crippen LogP contribution in [-0.2, 0) is 11.3 Å². The number of aromatic nitrogens is 1. The fourth-order valence-corrected chi connectivity index (χ4v) is 5.87. The summed E-state index contributed by atoms with van der Waals surface area (Å²) in [6.07, 6.45) is 3.59. The first-order valence-electron chi connectivity index (χ1n) is 7.88. The molecule has 7 heteroatoms. The van der Waals surface area contributed by atoms with Gasteiger partial charge in [0, 0.05) is 24.1 Å². The average molecular weight is 444 g/mol. The summed E-state index contributed by atoms with van der Waals surface area (Å²) in [4.78, 5) is 7.05. The van der Waals surface area contributed by atoms with Gasteiger partial charge in [-0.1, -0.05) is 17.7 Å². The molecule has 0 aromatic carbocycles. The molecule has 1 aliphatic rings. The molecule has 1 N–H and O–H groups in total. The highest BCUT2D eigenvalue weighted by atomic mass is 79.9. The van der Waals surface area contributed by atoms with Crippen LogP contribution in [0.3, 0.4) is 0 Å². The van der Waals surface area contributed by atoms with E-state index in [4.69, 9.17) is 16.3 Å². The summed E-state index contributed by atoms with van der Waals surface area (Å²) in [5, 5.41) is 6.10. The van der Waals surface area contributed by atoms with Gasteiger partial charge in [0.15, 0.2) is 0 Å². The van der Waals surface area contributed by atoms with Crippen LogP contribution < -0.4 is 5.32 Å². The Labute approximate surface area is 162 Å². The van der Waals surface area contributed by atoms with Crippen LogP contribution in [0, 0.1) is 0 Å². The molecule has 4 rings (SSSR count). The first-order chi connectivity index (χ1) is 11.7. The predicted octanol–water partition coefficient (Wildman–Crippen LogP) is 6.63. The van der Waals surface area contributed by atoms with Crippen molar-refractivity contribution in [1.82, 2.24) is 4.98 Å². The van der Waals surface area contributed by atoms with E-state index in [1.54, 1.807) is 22.7 Å². The number of hydrogen-bond donors (Lipinski definition) is 1. The molecule has 0 aliphatic carbocycles. The Balaban J connectivity index is 1.70. The van der Waals surface area contributed by atoms with Crippen molar-refractivity contribution in [2.75, 3.05) is 11.9 Å². The molecule has 0 bridgehead atoms. The zero-order chi connectivity index (χ0) is 16.5. The molecule has 126 valence electrons. The molecule has 4 heterocycles. The molecular formula is C17H16BrClN2OS2. The molecule has 1 saturated heterocycles. The molecular weight excluding hydrogens is 428 g/mol. The molecule has 1 atom stereocenters. The van der Waals surface area contributed by atoms with E-state index >= 15 is 0 Å². The smallest absolute Gasteiger partial charge is 0.131 e. The zero-order valence-electron chi connectivity index (χ0n) is 12.9. The second-order valence-corrected chi connectivity index (χ2v) is 9.00. The van der Waals surface area contributed by atoms with Gasteiger partial charge in [0.1, 0.15) is 5.15 Å². The number of nitrogens with zero attached hydrogens (tertiary/aromatic N) is 1. The number of pyridine rings is 1. The van der Waals surface area contributed by atoms with Crippen molar-refractivity contribution in [3.63, 3.8) is 0 Å². The molecule has 3 aromatic heterocycles. The quantitative estimate of drug-likeness (QED) is 0.460. The van der Waals surface area contributed by atoms with E-state index in [2.05, 4.69) is 43.7 Å². The number of thiophene rings is 2. The van der Waals surface area contributed by atoms with Gasteiger partial charge in [0.05, 0.1) is 31.4 Å². The third-order valence-electron chi connectivity index (χ3n) is 4.08. The summed E-state index contributed by atoms with van der Waals surface area (Å²) in [6, 6.07) is 6.10. The van der Waals surface area contributed by atoms with Crippen LogP contribution in [-0.4, -0.2) is 11.6 Å².